The van der Waals surface area contributed by atoms with Gasteiger partial charge in [-0.1, -0.05) is 49.7 Å². The van der Waals surface area contributed by atoms with Gasteiger partial charge in [0.05, 0.1) is 0 Å². The molecule has 1 aromatic heterocycles. The Balaban J connectivity index is 1.57. The van der Waals surface area contributed by atoms with Crippen molar-refractivity contribution in [2.24, 2.45) is 5.92 Å². The van der Waals surface area contributed by atoms with Gasteiger partial charge in [-0.25, -0.2) is 4.98 Å². The second-order valence-electron chi connectivity index (χ2n) is 7.91. The molecule has 0 N–H and O–H groups in total. The van der Waals surface area contributed by atoms with Crippen LogP contribution in [0.2, 0.25) is 0 Å². The van der Waals surface area contributed by atoms with Crippen molar-refractivity contribution in [1.29, 1.82) is 0 Å². The molecular formula is C24H31N3O2. The van der Waals surface area contributed by atoms with Crippen molar-refractivity contribution in [1.82, 2.24) is 14.8 Å². The summed E-state index contributed by atoms with van der Waals surface area (Å²) in [5.74, 6) is 0.401. The van der Waals surface area contributed by atoms with Crippen LogP contribution in [0.15, 0.2) is 48.5 Å². The topological polar surface area (TPSA) is 53.5 Å². The third kappa shape index (κ3) is 5.66. The van der Waals surface area contributed by atoms with E-state index in [1.54, 1.807) is 30.1 Å². The zero-order valence-electron chi connectivity index (χ0n) is 17.5. The number of likely N-dealkylation sites (tertiary alicyclic amines) is 1. The lowest BCUT2D eigenvalue weighted by molar-refractivity contribution is 0.0684. The molecule has 3 rings (SSSR count). The molecule has 154 valence electrons. The second kappa shape index (κ2) is 10.2. The summed E-state index contributed by atoms with van der Waals surface area (Å²) in [4.78, 5) is 33.4. The Morgan fingerprint density at radius 1 is 1.03 bits per heavy atom. The standard InChI is InChI=1S/C24H31N3O2/c1-3-4-15-26(2)23(28)21-11-8-12-22(25-21)24(29)27-16-13-20(14-17-27)18-19-9-6-5-7-10-19/h5-12,20H,3-4,13-18H2,1-2H3. The van der Waals surface area contributed by atoms with E-state index in [0.717, 1.165) is 45.2 Å². The average Bonchev–Trinajstić information content (AvgIpc) is 2.77. The highest BCUT2D eigenvalue weighted by Gasteiger charge is 2.25. The van der Waals surface area contributed by atoms with Crippen LogP contribution >= 0.6 is 0 Å². The summed E-state index contributed by atoms with van der Waals surface area (Å²) >= 11 is 0. The average molecular weight is 394 g/mol. The van der Waals surface area contributed by atoms with Crippen LogP contribution in [0.3, 0.4) is 0 Å². The monoisotopic (exact) mass is 393 g/mol. The van der Waals surface area contributed by atoms with Gasteiger partial charge in [0.1, 0.15) is 11.4 Å². The van der Waals surface area contributed by atoms with Gasteiger partial charge in [0.25, 0.3) is 11.8 Å². The van der Waals surface area contributed by atoms with Gasteiger partial charge in [-0.05, 0) is 49.3 Å². The summed E-state index contributed by atoms with van der Waals surface area (Å²) in [6, 6.07) is 15.7. The molecule has 0 unspecified atom stereocenters. The van der Waals surface area contributed by atoms with E-state index in [0.29, 0.717) is 23.9 Å². The molecule has 0 spiro atoms. The van der Waals surface area contributed by atoms with Crippen LogP contribution in [0.25, 0.3) is 0 Å². The van der Waals surface area contributed by atoms with Crippen LogP contribution in [0.1, 0.15) is 59.1 Å². The highest BCUT2D eigenvalue weighted by molar-refractivity contribution is 5.96. The van der Waals surface area contributed by atoms with E-state index in [1.807, 2.05) is 11.0 Å². The van der Waals surface area contributed by atoms with E-state index in [2.05, 4.69) is 36.2 Å². The number of nitrogens with zero attached hydrogens (tertiary/aromatic N) is 3. The number of pyridine rings is 1. The van der Waals surface area contributed by atoms with Crippen LogP contribution in [0.4, 0.5) is 0 Å². The van der Waals surface area contributed by atoms with Crippen LogP contribution in [0.5, 0.6) is 0 Å². The molecule has 5 heteroatoms. The van der Waals surface area contributed by atoms with E-state index in [9.17, 15) is 9.59 Å². The number of piperidine rings is 1. The third-order valence-electron chi connectivity index (χ3n) is 5.65. The lowest BCUT2D eigenvalue weighted by Gasteiger charge is -2.32. The fourth-order valence-electron chi connectivity index (χ4n) is 3.81. The minimum atomic E-state index is -0.130. The number of hydrogen-bond donors (Lipinski definition) is 0. The van der Waals surface area contributed by atoms with Gasteiger partial charge >= 0.3 is 0 Å². The Bertz CT molecular complexity index is 814. The Hall–Kier alpha value is -2.69. The lowest BCUT2D eigenvalue weighted by atomic mass is 9.90. The van der Waals surface area contributed by atoms with Gasteiger partial charge in [-0.3, -0.25) is 9.59 Å². The van der Waals surface area contributed by atoms with Gasteiger partial charge in [0.2, 0.25) is 0 Å². The number of benzene rings is 1. The van der Waals surface area contributed by atoms with Crippen molar-refractivity contribution < 1.29 is 9.59 Å². The van der Waals surface area contributed by atoms with Crippen molar-refractivity contribution in [2.75, 3.05) is 26.7 Å². The summed E-state index contributed by atoms with van der Waals surface area (Å²) in [6.07, 6.45) is 5.05. The minimum Gasteiger partial charge on any atom is -0.340 e. The third-order valence-corrected chi connectivity index (χ3v) is 5.65. The molecule has 0 radical (unpaired) electrons. The Morgan fingerprint density at radius 3 is 2.41 bits per heavy atom. The first-order valence-corrected chi connectivity index (χ1v) is 10.6. The molecule has 1 aliphatic rings. The number of carbonyl (C=O) groups is 2. The van der Waals surface area contributed by atoms with Crippen LogP contribution in [0, 0.1) is 5.92 Å². The quantitative estimate of drug-likeness (QED) is 0.713. The predicted octanol–water partition coefficient (Wildman–Crippen LogP) is 4.05. The molecule has 0 aliphatic carbocycles. The van der Waals surface area contributed by atoms with Gasteiger partial charge in [-0.15, -0.1) is 0 Å². The largest absolute Gasteiger partial charge is 0.340 e. The maximum Gasteiger partial charge on any atom is 0.272 e. The summed E-state index contributed by atoms with van der Waals surface area (Å²) in [7, 11) is 1.78. The minimum absolute atomic E-state index is 0.0750. The Labute approximate surface area is 173 Å². The molecule has 2 aromatic rings. The van der Waals surface area contributed by atoms with Crippen LogP contribution < -0.4 is 0 Å². The number of amides is 2. The fraction of sp³-hybridized carbons (Fsp3) is 0.458. The first-order chi connectivity index (χ1) is 14.1. The smallest absolute Gasteiger partial charge is 0.272 e. The van der Waals surface area contributed by atoms with E-state index in [-0.39, 0.29) is 11.8 Å². The molecule has 29 heavy (non-hydrogen) atoms. The Morgan fingerprint density at radius 2 is 1.72 bits per heavy atom. The number of hydrogen-bond acceptors (Lipinski definition) is 3. The van der Waals surface area contributed by atoms with E-state index < -0.39 is 0 Å². The molecule has 0 saturated carbocycles. The molecular weight excluding hydrogens is 362 g/mol. The highest BCUT2D eigenvalue weighted by Crippen LogP contribution is 2.22. The zero-order chi connectivity index (χ0) is 20.6. The highest BCUT2D eigenvalue weighted by atomic mass is 16.2. The summed E-state index contributed by atoms with van der Waals surface area (Å²) in [5, 5.41) is 0. The maximum absolute atomic E-state index is 12.9. The fourth-order valence-corrected chi connectivity index (χ4v) is 3.81. The van der Waals surface area contributed by atoms with Gasteiger partial charge in [-0.2, -0.15) is 0 Å². The normalized spacial score (nSPS) is 14.6. The van der Waals surface area contributed by atoms with Crippen molar-refractivity contribution in [3.05, 3.63) is 65.5 Å². The summed E-state index contributed by atoms with van der Waals surface area (Å²) < 4.78 is 0. The van der Waals surface area contributed by atoms with E-state index >= 15 is 0 Å². The SMILES string of the molecule is CCCCN(C)C(=O)c1cccc(C(=O)N2CCC(Cc3ccccc3)CC2)n1. The number of aromatic nitrogens is 1. The van der Waals surface area contributed by atoms with Crippen LogP contribution in [-0.2, 0) is 6.42 Å². The molecule has 5 nitrogen and oxygen atoms in total. The molecule has 1 aliphatic heterocycles. The first-order valence-electron chi connectivity index (χ1n) is 10.6. The predicted molar refractivity (Wildman–Crippen MR) is 115 cm³/mol. The maximum atomic E-state index is 12.9. The second-order valence-corrected chi connectivity index (χ2v) is 7.91. The van der Waals surface area contributed by atoms with Gasteiger partial charge in [0, 0.05) is 26.7 Å². The molecule has 2 heterocycles. The van der Waals surface area contributed by atoms with Gasteiger partial charge in [0.15, 0.2) is 0 Å². The van der Waals surface area contributed by atoms with Gasteiger partial charge < -0.3 is 9.80 Å². The number of unbranched alkanes of at least 4 members (excludes halogenated alkanes) is 1. The number of rotatable bonds is 7. The summed E-state index contributed by atoms with van der Waals surface area (Å²) in [6.45, 7) is 4.28. The molecule has 0 bridgehead atoms. The van der Waals surface area contributed by atoms with E-state index in [4.69, 9.17) is 0 Å². The molecule has 2 amide bonds. The molecule has 0 atom stereocenters. The zero-order valence-corrected chi connectivity index (χ0v) is 17.5. The van der Waals surface area contributed by atoms with E-state index in [1.165, 1.54) is 5.56 Å². The lowest BCUT2D eigenvalue weighted by Crippen LogP contribution is -2.39. The van der Waals surface area contributed by atoms with Crippen molar-refractivity contribution in [2.45, 2.75) is 39.0 Å². The molecule has 1 aromatic carbocycles. The summed E-state index contributed by atoms with van der Waals surface area (Å²) in [5.41, 5.74) is 2.06. The van der Waals surface area contributed by atoms with Crippen molar-refractivity contribution in [3.63, 3.8) is 0 Å². The molecule has 1 fully saturated rings. The van der Waals surface area contributed by atoms with Crippen LogP contribution in [-0.4, -0.2) is 53.3 Å². The molecule has 1 saturated heterocycles. The Kier molecular flexibility index (Phi) is 7.39. The van der Waals surface area contributed by atoms with Crippen molar-refractivity contribution in [3.8, 4) is 0 Å². The first kappa shape index (κ1) is 21.0. The number of carbonyl (C=O) groups excluding carboxylic acids is 2. The van der Waals surface area contributed by atoms with Crippen molar-refractivity contribution >= 4 is 11.8 Å².